The Bertz CT molecular complexity index is 1910. The molecule has 0 radical (unpaired) electrons. The number of carbonyl (C=O) groups excluding carboxylic acids is 1. The molecule has 51 heavy (non-hydrogen) atoms. The largest absolute Gasteiger partial charge is 0.497 e. The van der Waals surface area contributed by atoms with Crippen LogP contribution in [-0.4, -0.2) is 92.5 Å². The number of hydrogen-bond donors (Lipinski definition) is 1. The lowest BCUT2D eigenvalue weighted by molar-refractivity contribution is 0.0779. The number of carbonyl (C=O) groups is 1. The van der Waals surface area contributed by atoms with Gasteiger partial charge in [0, 0.05) is 43.2 Å². The number of aromatic nitrogens is 2. The van der Waals surface area contributed by atoms with Crippen LogP contribution in [0.15, 0.2) is 83.5 Å². The van der Waals surface area contributed by atoms with E-state index >= 15 is 0 Å². The van der Waals surface area contributed by atoms with Gasteiger partial charge in [-0.2, -0.15) is 0 Å². The fourth-order valence-corrected chi connectivity index (χ4v) is 7.72. The Morgan fingerprint density at radius 3 is 2.31 bits per heavy atom. The fraction of sp³-hybridized carbons (Fsp3) is 0.400. The minimum absolute atomic E-state index is 0.0467. The highest BCUT2D eigenvalue weighted by Gasteiger charge is 2.42. The lowest BCUT2D eigenvalue weighted by Crippen LogP contribution is -2.42. The molecule has 0 aliphatic carbocycles. The van der Waals surface area contributed by atoms with Crippen molar-refractivity contribution in [1.29, 1.82) is 0 Å². The van der Waals surface area contributed by atoms with Crippen LogP contribution < -0.4 is 24.3 Å². The van der Waals surface area contributed by atoms with E-state index in [9.17, 15) is 4.79 Å². The minimum atomic E-state index is -0.186. The van der Waals surface area contributed by atoms with Gasteiger partial charge in [0.25, 0.3) is 5.91 Å². The number of rotatable bonds is 13. The average molecular weight is 694 g/mol. The summed E-state index contributed by atoms with van der Waals surface area (Å²) in [5, 5.41) is 3.77. The summed E-state index contributed by atoms with van der Waals surface area (Å²) >= 11 is 0. The molecular weight excluding hydrogens is 646 g/mol. The second kappa shape index (κ2) is 15.0. The maximum Gasteiger partial charge on any atom is 0.254 e. The van der Waals surface area contributed by atoms with Crippen molar-refractivity contribution >= 4 is 22.9 Å². The van der Waals surface area contributed by atoms with Gasteiger partial charge in [-0.25, -0.2) is 4.98 Å². The van der Waals surface area contributed by atoms with Gasteiger partial charge in [0.05, 0.1) is 52.3 Å². The molecule has 7 rings (SSSR count). The summed E-state index contributed by atoms with van der Waals surface area (Å²) in [4.78, 5) is 23.5. The van der Waals surface area contributed by atoms with Crippen LogP contribution in [0.25, 0.3) is 11.0 Å². The van der Waals surface area contributed by atoms with E-state index in [0.717, 1.165) is 73.8 Å². The lowest BCUT2D eigenvalue weighted by atomic mass is 9.76. The van der Waals surface area contributed by atoms with Crippen molar-refractivity contribution in [3.63, 3.8) is 0 Å². The number of fused-ring (bicyclic) bond motifs is 1. The number of nitrogens with one attached hydrogen (secondary N) is 1. The zero-order valence-corrected chi connectivity index (χ0v) is 29.9. The van der Waals surface area contributed by atoms with E-state index < -0.39 is 0 Å². The SMILES string of the molecule is COc1ccc(C2(CCN3CCC(Nc4nc5ccccc5n4Cc4ccco4)CC3)CCN(C(=O)c3cc(OC)c(OC)c(OC)c3)C2)cc1. The number of nitrogens with zero attached hydrogens (tertiary/aromatic N) is 4. The first-order valence-electron chi connectivity index (χ1n) is 17.6. The number of para-hydroxylation sites is 2. The molecule has 4 heterocycles. The molecule has 2 aliphatic heterocycles. The maximum atomic E-state index is 14.0. The van der Waals surface area contributed by atoms with E-state index in [1.165, 1.54) is 5.56 Å². The number of ether oxygens (including phenoxy) is 4. The van der Waals surface area contributed by atoms with Crippen LogP contribution in [-0.2, 0) is 12.0 Å². The maximum absolute atomic E-state index is 14.0. The zero-order valence-electron chi connectivity index (χ0n) is 29.9. The van der Waals surface area contributed by atoms with E-state index in [2.05, 4.69) is 45.1 Å². The molecule has 0 spiro atoms. The Labute approximate surface area is 299 Å². The molecule has 1 atom stereocenters. The van der Waals surface area contributed by atoms with Gasteiger partial charge in [-0.3, -0.25) is 4.79 Å². The molecule has 11 heteroatoms. The van der Waals surface area contributed by atoms with Crippen molar-refractivity contribution in [1.82, 2.24) is 19.4 Å². The first kappa shape index (κ1) is 34.3. The molecule has 268 valence electrons. The van der Waals surface area contributed by atoms with E-state index in [4.69, 9.17) is 28.3 Å². The number of likely N-dealkylation sites (tertiary alicyclic amines) is 2. The first-order valence-corrected chi connectivity index (χ1v) is 17.6. The molecule has 2 saturated heterocycles. The summed E-state index contributed by atoms with van der Waals surface area (Å²) in [6.45, 7) is 4.83. The number of furan rings is 1. The minimum Gasteiger partial charge on any atom is -0.497 e. The monoisotopic (exact) mass is 693 g/mol. The molecule has 2 aromatic heterocycles. The zero-order chi connectivity index (χ0) is 35.4. The van der Waals surface area contributed by atoms with Gasteiger partial charge in [-0.15, -0.1) is 0 Å². The molecule has 0 saturated carbocycles. The average Bonchev–Trinajstić information content (AvgIpc) is 3.94. The number of anilines is 1. The fourth-order valence-electron chi connectivity index (χ4n) is 7.72. The number of methoxy groups -OCH3 is 4. The molecular formula is C40H47N5O6. The molecule has 0 bridgehead atoms. The number of piperidine rings is 1. The Morgan fingerprint density at radius 2 is 1.65 bits per heavy atom. The van der Waals surface area contributed by atoms with Gasteiger partial charge in [-0.05, 0) is 86.3 Å². The highest BCUT2D eigenvalue weighted by atomic mass is 16.5. The summed E-state index contributed by atoms with van der Waals surface area (Å²) in [5.74, 6) is 3.96. The predicted molar refractivity (Wildman–Crippen MR) is 197 cm³/mol. The molecule has 1 unspecified atom stereocenters. The summed E-state index contributed by atoms with van der Waals surface area (Å²) in [7, 11) is 6.37. The van der Waals surface area contributed by atoms with Crippen LogP contribution in [0.3, 0.4) is 0 Å². The smallest absolute Gasteiger partial charge is 0.254 e. The summed E-state index contributed by atoms with van der Waals surface area (Å²) in [6, 6.07) is 24.3. The Kier molecular flexibility index (Phi) is 10.1. The Balaban J connectivity index is 1.03. The van der Waals surface area contributed by atoms with Gasteiger partial charge in [0.15, 0.2) is 11.5 Å². The Morgan fingerprint density at radius 1 is 0.902 bits per heavy atom. The highest BCUT2D eigenvalue weighted by molar-refractivity contribution is 5.96. The summed E-state index contributed by atoms with van der Waals surface area (Å²) in [5.41, 5.74) is 3.63. The molecule has 1 amide bonds. The number of amides is 1. The molecule has 5 aromatic rings. The van der Waals surface area contributed by atoms with Crippen LogP contribution in [0, 0.1) is 0 Å². The molecule has 2 aliphatic rings. The van der Waals surface area contributed by atoms with Gasteiger partial charge in [-0.1, -0.05) is 24.3 Å². The number of imidazole rings is 1. The second-order valence-corrected chi connectivity index (χ2v) is 13.5. The normalized spacial score (nSPS) is 18.2. The topological polar surface area (TPSA) is 103 Å². The van der Waals surface area contributed by atoms with Crippen molar-refractivity contribution in [2.75, 3.05) is 66.5 Å². The van der Waals surface area contributed by atoms with Crippen molar-refractivity contribution in [2.24, 2.45) is 0 Å². The second-order valence-electron chi connectivity index (χ2n) is 13.5. The van der Waals surface area contributed by atoms with Crippen molar-refractivity contribution in [3.05, 3.63) is 95.9 Å². The quantitative estimate of drug-likeness (QED) is 0.149. The molecule has 3 aromatic carbocycles. The lowest BCUT2D eigenvalue weighted by Gasteiger charge is -2.36. The first-order chi connectivity index (χ1) is 24.9. The van der Waals surface area contributed by atoms with E-state index in [-0.39, 0.29) is 11.3 Å². The third-order valence-electron chi connectivity index (χ3n) is 10.6. The molecule has 2 fully saturated rings. The highest BCUT2D eigenvalue weighted by Crippen LogP contribution is 2.42. The summed E-state index contributed by atoms with van der Waals surface area (Å²) in [6.07, 6.45) is 5.57. The van der Waals surface area contributed by atoms with Crippen LogP contribution in [0.1, 0.15) is 47.4 Å². The van der Waals surface area contributed by atoms with E-state index in [1.807, 2.05) is 35.2 Å². The van der Waals surface area contributed by atoms with Crippen molar-refractivity contribution in [3.8, 4) is 23.0 Å². The van der Waals surface area contributed by atoms with Crippen LogP contribution in [0.2, 0.25) is 0 Å². The number of hydrogen-bond acceptors (Lipinski definition) is 9. The Hall–Kier alpha value is -5.16. The van der Waals surface area contributed by atoms with E-state index in [0.29, 0.717) is 48.5 Å². The standard InChI is InChI=1S/C40H47N5O6/c1-47-31-13-11-29(12-14-31)40(18-22-44(27-40)38(46)28-24-35(48-2)37(50-4)36(25-28)49-3)17-21-43-19-15-30(16-20-43)41-39-42-33-9-5-6-10-34(33)45(39)26-32-8-7-23-51-32/h5-14,23-25,30H,15-22,26-27H2,1-4H3,(H,41,42). The van der Waals surface area contributed by atoms with Crippen molar-refractivity contribution < 1.29 is 28.2 Å². The molecule has 11 nitrogen and oxygen atoms in total. The van der Waals surface area contributed by atoms with E-state index in [1.54, 1.807) is 46.8 Å². The number of benzene rings is 3. The van der Waals surface area contributed by atoms with Gasteiger partial charge in [0.2, 0.25) is 11.7 Å². The van der Waals surface area contributed by atoms with Crippen molar-refractivity contribution in [2.45, 2.75) is 43.7 Å². The van der Waals surface area contributed by atoms with Crippen LogP contribution in [0.5, 0.6) is 23.0 Å². The third-order valence-corrected chi connectivity index (χ3v) is 10.6. The van der Waals surface area contributed by atoms with Crippen LogP contribution in [0.4, 0.5) is 5.95 Å². The summed E-state index contributed by atoms with van der Waals surface area (Å²) < 4.78 is 30.0. The van der Waals surface area contributed by atoms with Gasteiger partial charge in [0.1, 0.15) is 11.5 Å². The third kappa shape index (κ3) is 7.08. The molecule has 1 N–H and O–H groups in total. The van der Waals surface area contributed by atoms with Crippen LogP contribution >= 0.6 is 0 Å². The van der Waals surface area contributed by atoms with Gasteiger partial charge < -0.3 is 43.0 Å². The van der Waals surface area contributed by atoms with Gasteiger partial charge >= 0.3 is 0 Å². The predicted octanol–water partition coefficient (Wildman–Crippen LogP) is 6.46.